The Balaban J connectivity index is 1.39. The average Bonchev–Trinajstić information content (AvgIpc) is 1.71. The van der Waals surface area contributed by atoms with Crippen molar-refractivity contribution in [1.29, 1.82) is 5.41 Å². The van der Waals surface area contributed by atoms with Crippen LogP contribution in [0.3, 0.4) is 0 Å². The largest absolute Gasteiger partial charge is 0.394 e. The minimum atomic E-state index is -1.83. The summed E-state index contributed by atoms with van der Waals surface area (Å²) in [5.41, 5.74) is 30.4. The molecule has 2 aromatic carbocycles. The minimum Gasteiger partial charge on any atom is -0.394 e. The van der Waals surface area contributed by atoms with Gasteiger partial charge in [0, 0.05) is 55.6 Å². The van der Waals surface area contributed by atoms with E-state index in [0.717, 1.165) is 0 Å². The van der Waals surface area contributed by atoms with E-state index < -0.39 is 205 Å². The smallest absolute Gasteiger partial charge is 0.245 e. The molecule has 1 aliphatic heterocycles. The lowest BCUT2D eigenvalue weighted by molar-refractivity contribution is -0.142. The number of aromatic nitrogens is 3. The van der Waals surface area contributed by atoms with Gasteiger partial charge in [-0.15, -0.1) is 0 Å². The van der Waals surface area contributed by atoms with E-state index in [1.54, 1.807) is 102 Å². The van der Waals surface area contributed by atoms with Crippen molar-refractivity contribution < 1.29 is 82.4 Å². The van der Waals surface area contributed by atoms with Crippen LogP contribution >= 0.6 is 0 Å². The fourth-order valence-electron chi connectivity index (χ4n) is 13.0. The Morgan fingerprint density at radius 3 is 1.58 bits per heavy atom. The van der Waals surface area contributed by atoms with Crippen LogP contribution in [0.2, 0.25) is 0 Å². The second kappa shape index (κ2) is 49.7. The number of aromatic amines is 2. The second-order valence-corrected chi connectivity index (χ2v) is 29.6. The van der Waals surface area contributed by atoms with Gasteiger partial charge in [0.25, 0.3) is 0 Å². The number of amides is 14. The number of fused-ring (bicyclic) bond motifs is 1. The van der Waals surface area contributed by atoms with Gasteiger partial charge in [0.05, 0.1) is 44.4 Å². The number of unbranched alkanes of at least 4 members (excludes halogenated alkanes) is 2. The maximum absolute atomic E-state index is 15.1. The highest BCUT2D eigenvalue weighted by Gasteiger charge is 2.42. The standard InChI is InChI=1S/C77H121N23O17/c1-7-43(5)62(99-75(116)63(44(6)8-2)98-72(113)58(40-103)95-71(112)56(38-101)94-65(106)49(80)23-14-16-28-78)74(115)96-57(39-102)70(111)93-55(34-47-36-84-41-88-47)69(110)91-53(32-45-20-10-9-11-21-45)68(109)90-51(26-18-30-85-77(82)83)67(108)92-54(33-46-35-86-50-24-13-12-22-48(46)50)66(107)87-37-60(104)89-52(25-15-17-29-79)76(117)100-31-19-27-59(100)73(114)97-61(42(3)4)64(81)105/h9-13,20-22,24,35-36,41-44,49,51-59,61-63,86,101-103H,7-8,14-19,23,25-34,37-40,78-80H2,1-6H3,(H2,81,105)(H,84,88)(H,87,107)(H,89,104)(H,90,109)(H,91,110)(H,92,108)(H,93,111)(H,94,106)(H,95,112)(H,96,115)(H,97,114)(H,98,113)(H,99,116)(H4,82,83,85)/t43-,44-,49-,51-,52-,53+,54-,55-,56-,57-,58-,59-,61-,62-,63-/m0/s1. The molecule has 40 nitrogen and oxygen atoms in total. The van der Waals surface area contributed by atoms with Crippen molar-refractivity contribution in [3.05, 3.63) is 90.1 Å². The highest BCUT2D eigenvalue weighted by atomic mass is 16.3. The number of likely N-dealkylation sites (tertiary alicyclic amines) is 1. The first-order valence-corrected chi connectivity index (χ1v) is 39.7. The summed E-state index contributed by atoms with van der Waals surface area (Å²) in [5, 5.41) is 73.1. The van der Waals surface area contributed by atoms with Gasteiger partial charge in [-0.25, -0.2) is 4.98 Å². The average molecular weight is 1640 g/mol. The SMILES string of the molecule is CC[C@H](C)[C@H](NC(=O)[C@H](CO)NC(=O)[C@H](CO)NC(=O)[C@@H](N)CCCCN)C(=O)N[C@H](C(=O)N[C@@H](CO)C(=O)N[C@@H](Cc1c[nH]cn1)C(=O)N[C@H](Cc1ccccc1)C(=O)N[C@@H](CCCNC(=N)N)C(=O)N[C@@H](Cc1c[nH]c2ccccc12)C(=O)NCC(=O)N[C@@H](CCCCN)C(=O)N1CCC[C@H]1C(=O)N[C@H](C(N)=O)C(C)C)[C@@H](C)CC. The van der Waals surface area contributed by atoms with Crippen LogP contribution in [0, 0.1) is 23.2 Å². The molecule has 0 aliphatic carbocycles. The van der Waals surface area contributed by atoms with Gasteiger partial charge in [-0.3, -0.25) is 72.5 Å². The van der Waals surface area contributed by atoms with Crippen molar-refractivity contribution in [1.82, 2.24) is 89.0 Å². The van der Waals surface area contributed by atoms with E-state index >= 15 is 9.59 Å². The molecule has 0 unspecified atom stereocenters. The molecule has 0 radical (unpaired) electrons. The van der Waals surface area contributed by atoms with Crippen LogP contribution in [-0.4, -0.2) is 255 Å². The number of hydrogen-bond acceptors (Lipinski definition) is 22. The molecule has 15 atom stereocenters. The lowest BCUT2D eigenvalue weighted by atomic mass is 9.94. The Morgan fingerprint density at radius 1 is 0.530 bits per heavy atom. The number of carbonyl (C=O) groups is 14. The number of benzene rings is 2. The first-order chi connectivity index (χ1) is 55.8. The molecule has 2 aromatic heterocycles. The number of rotatable bonds is 52. The molecule has 1 saturated heterocycles. The van der Waals surface area contributed by atoms with Crippen molar-refractivity contribution in [2.75, 3.05) is 52.5 Å². The summed E-state index contributed by atoms with van der Waals surface area (Å²) in [6.07, 6.45) is 6.93. The molecule has 4 aromatic rings. The van der Waals surface area contributed by atoms with Crippen LogP contribution in [0.4, 0.5) is 0 Å². The molecule has 5 rings (SSSR count). The Labute approximate surface area is 679 Å². The quantitative estimate of drug-likeness (QED) is 0.0111. The molecule has 1 aliphatic rings. The van der Waals surface area contributed by atoms with Gasteiger partial charge < -0.3 is 128 Å². The molecule has 0 spiro atoms. The first kappa shape index (κ1) is 96.4. The van der Waals surface area contributed by atoms with Gasteiger partial charge in [-0.05, 0) is 106 Å². The summed E-state index contributed by atoms with van der Waals surface area (Å²) >= 11 is 0. The van der Waals surface area contributed by atoms with Gasteiger partial charge in [0.2, 0.25) is 82.7 Å². The van der Waals surface area contributed by atoms with Crippen molar-refractivity contribution in [3.8, 4) is 0 Å². The molecular weight excluding hydrogens is 1520 g/mol. The molecule has 0 saturated carbocycles. The van der Waals surface area contributed by atoms with E-state index in [9.17, 15) is 72.9 Å². The number of aliphatic hydroxyl groups is 3. The topological polar surface area (TPSA) is 658 Å². The Morgan fingerprint density at radius 2 is 1.03 bits per heavy atom. The van der Waals surface area contributed by atoms with E-state index in [4.69, 9.17) is 34.1 Å². The number of nitrogens with two attached hydrogens (primary N) is 5. The molecule has 117 heavy (non-hydrogen) atoms. The van der Waals surface area contributed by atoms with Crippen molar-refractivity contribution >= 4 is 99.6 Å². The van der Waals surface area contributed by atoms with E-state index in [2.05, 4.69) is 84.1 Å². The molecule has 0 bridgehead atoms. The van der Waals surface area contributed by atoms with Crippen LogP contribution < -0.4 is 97.8 Å². The predicted octanol–water partition coefficient (Wildman–Crippen LogP) is -5.58. The molecule has 3 heterocycles. The highest BCUT2D eigenvalue weighted by molar-refractivity contribution is 6.00. The molecule has 1 fully saturated rings. The number of nitrogens with one attached hydrogen (secondary N) is 16. The van der Waals surface area contributed by atoms with Crippen molar-refractivity contribution in [2.45, 2.75) is 216 Å². The van der Waals surface area contributed by atoms with Crippen LogP contribution in [0.15, 0.2) is 73.3 Å². The van der Waals surface area contributed by atoms with E-state index in [1.165, 1.54) is 17.4 Å². The van der Waals surface area contributed by atoms with Gasteiger partial charge in [-0.2, -0.15) is 0 Å². The van der Waals surface area contributed by atoms with Crippen molar-refractivity contribution in [2.24, 2.45) is 46.4 Å². The zero-order valence-electron chi connectivity index (χ0n) is 67.3. The highest BCUT2D eigenvalue weighted by Crippen LogP contribution is 2.23. The number of para-hydroxylation sites is 1. The lowest BCUT2D eigenvalue weighted by Gasteiger charge is -2.31. The molecule has 14 amide bonds. The maximum Gasteiger partial charge on any atom is 0.245 e. The second-order valence-electron chi connectivity index (χ2n) is 29.6. The number of hydrogen-bond donors (Lipinski definition) is 24. The molecular formula is C77H121N23O17. The number of guanidine groups is 1. The fourth-order valence-corrected chi connectivity index (χ4v) is 13.0. The minimum absolute atomic E-state index is 0.0153. The van der Waals surface area contributed by atoms with E-state index in [0.29, 0.717) is 60.7 Å². The molecule has 29 N–H and O–H groups in total. The van der Waals surface area contributed by atoms with Crippen LogP contribution in [0.25, 0.3) is 10.9 Å². The number of H-pyrrole nitrogens is 2. The normalized spacial score (nSPS) is 16.2. The number of nitrogens with zero attached hydrogens (tertiary/aromatic N) is 2. The maximum atomic E-state index is 15.1. The van der Waals surface area contributed by atoms with Gasteiger partial charge in [-0.1, -0.05) is 109 Å². The number of imidazole rings is 1. The monoisotopic (exact) mass is 1640 g/mol. The summed E-state index contributed by atoms with van der Waals surface area (Å²) in [6, 6.07) is -3.04. The first-order valence-electron chi connectivity index (χ1n) is 39.7. The van der Waals surface area contributed by atoms with E-state index in [-0.39, 0.29) is 95.5 Å². The van der Waals surface area contributed by atoms with Crippen LogP contribution in [0.5, 0.6) is 0 Å². The summed E-state index contributed by atoms with van der Waals surface area (Å²) in [5.74, 6) is -14.6. The summed E-state index contributed by atoms with van der Waals surface area (Å²) in [6.45, 7) is 7.11. The Bertz CT molecular complexity index is 3940. The summed E-state index contributed by atoms with van der Waals surface area (Å²) in [4.78, 5) is 209. The zero-order valence-corrected chi connectivity index (χ0v) is 67.3. The Hall–Kier alpha value is -11.2. The third kappa shape index (κ3) is 30.7. The molecule has 40 heteroatoms. The third-order valence-corrected chi connectivity index (χ3v) is 20.3. The zero-order chi connectivity index (χ0) is 86.4. The van der Waals surface area contributed by atoms with Gasteiger partial charge >= 0.3 is 0 Å². The summed E-state index contributed by atoms with van der Waals surface area (Å²) in [7, 11) is 0. The van der Waals surface area contributed by atoms with Crippen LogP contribution in [0.1, 0.15) is 135 Å². The fraction of sp³-hybridized carbons (Fsp3) is 0.584. The number of carbonyl (C=O) groups excluding carboxylic acids is 14. The van der Waals surface area contributed by atoms with Crippen LogP contribution in [-0.2, 0) is 86.4 Å². The lowest BCUT2D eigenvalue weighted by Crippen LogP contribution is -2.63. The number of aliphatic hydroxyl groups excluding tert-OH is 3. The number of primary amides is 1. The predicted molar refractivity (Wildman–Crippen MR) is 431 cm³/mol. The van der Waals surface area contributed by atoms with E-state index in [1.807, 2.05) is 0 Å². The van der Waals surface area contributed by atoms with Gasteiger partial charge in [0.1, 0.15) is 72.5 Å². The van der Waals surface area contributed by atoms with Crippen molar-refractivity contribution in [3.63, 3.8) is 0 Å². The Kier molecular flexibility index (Phi) is 40.9. The summed E-state index contributed by atoms with van der Waals surface area (Å²) < 4.78 is 0. The molecule has 646 valence electrons. The van der Waals surface area contributed by atoms with Gasteiger partial charge in [0.15, 0.2) is 5.96 Å². The third-order valence-electron chi connectivity index (χ3n) is 20.3.